The van der Waals surface area contributed by atoms with Crippen molar-refractivity contribution in [1.29, 1.82) is 0 Å². The monoisotopic (exact) mass is 555 g/mol. The molecule has 2 atom stereocenters. The number of piperazine rings is 1. The highest BCUT2D eigenvalue weighted by atomic mass is 19.3. The first kappa shape index (κ1) is 26.6. The van der Waals surface area contributed by atoms with Crippen LogP contribution in [0.2, 0.25) is 0 Å². The van der Waals surface area contributed by atoms with Crippen molar-refractivity contribution in [3.8, 4) is 5.75 Å². The minimum absolute atomic E-state index is 0.00567. The van der Waals surface area contributed by atoms with Crippen molar-refractivity contribution in [2.24, 2.45) is 5.41 Å². The summed E-state index contributed by atoms with van der Waals surface area (Å²) in [6.45, 7) is 6.19. The van der Waals surface area contributed by atoms with E-state index >= 15 is 0 Å². The number of halogens is 3. The first-order chi connectivity index (χ1) is 19.2. The molecule has 3 heterocycles. The number of carbonyl (C=O) groups is 1. The van der Waals surface area contributed by atoms with Gasteiger partial charge in [-0.25, -0.2) is 23.1 Å². The molecule has 1 aliphatic carbocycles. The fourth-order valence-electron chi connectivity index (χ4n) is 5.93. The van der Waals surface area contributed by atoms with Gasteiger partial charge in [0, 0.05) is 43.8 Å². The van der Waals surface area contributed by atoms with E-state index in [4.69, 9.17) is 9.47 Å². The summed E-state index contributed by atoms with van der Waals surface area (Å²) < 4.78 is 52.9. The minimum Gasteiger partial charge on any atom is -0.489 e. The van der Waals surface area contributed by atoms with E-state index in [1.54, 1.807) is 21.0 Å². The molecule has 1 saturated heterocycles. The molecule has 40 heavy (non-hydrogen) atoms. The van der Waals surface area contributed by atoms with Gasteiger partial charge in [-0.15, -0.1) is 0 Å². The number of fused-ring (bicyclic) bond motifs is 4. The van der Waals surface area contributed by atoms with Crippen LogP contribution in [0.1, 0.15) is 49.2 Å². The van der Waals surface area contributed by atoms with E-state index in [0.717, 1.165) is 24.6 Å². The number of ether oxygens (including phenoxy) is 2. The van der Waals surface area contributed by atoms with Gasteiger partial charge < -0.3 is 24.6 Å². The SMILES string of the molecule is COCC1(C(=O)N2CCN3c4cc5c(N[C@H](C)c6cccc(C(F)F)c6F)nc(C)nc5cc4OC[C@H]3C2)CC1. The van der Waals surface area contributed by atoms with E-state index in [1.807, 2.05) is 17.0 Å². The summed E-state index contributed by atoms with van der Waals surface area (Å²) >= 11 is 0. The van der Waals surface area contributed by atoms with Gasteiger partial charge in [-0.2, -0.15) is 0 Å². The number of hydrogen-bond donors (Lipinski definition) is 1. The second kappa shape index (κ2) is 10.1. The molecule has 6 rings (SSSR count). The van der Waals surface area contributed by atoms with Crippen LogP contribution in [0.5, 0.6) is 5.75 Å². The summed E-state index contributed by atoms with van der Waals surface area (Å²) in [6.07, 6.45) is -1.18. The topological polar surface area (TPSA) is 79.8 Å². The van der Waals surface area contributed by atoms with E-state index in [1.165, 1.54) is 12.1 Å². The molecule has 2 aromatic carbocycles. The molecular weight excluding hydrogens is 523 g/mol. The van der Waals surface area contributed by atoms with Crippen molar-refractivity contribution in [3.05, 3.63) is 53.1 Å². The molecule has 3 aromatic rings. The molecule has 1 aromatic heterocycles. The van der Waals surface area contributed by atoms with Crippen molar-refractivity contribution in [1.82, 2.24) is 14.9 Å². The lowest BCUT2D eigenvalue weighted by molar-refractivity contribution is -0.140. The molecule has 0 spiro atoms. The van der Waals surface area contributed by atoms with Crippen molar-refractivity contribution >= 4 is 28.3 Å². The Labute approximate surface area is 230 Å². The van der Waals surface area contributed by atoms with E-state index in [2.05, 4.69) is 20.2 Å². The molecule has 1 N–H and O–H groups in total. The van der Waals surface area contributed by atoms with Gasteiger partial charge in [0.25, 0.3) is 6.43 Å². The van der Waals surface area contributed by atoms with Crippen molar-refractivity contribution in [3.63, 3.8) is 0 Å². The van der Waals surface area contributed by atoms with Crippen LogP contribution in [0.15, 0.2) is 30.3 Å². The number of aromatic nitrogens is 2. The lowest BCUT2D eigenvalue weighted by atomic mass is 10.0. The number of aryl methyl sites for hydroxylation is 1. The van der Waals surface area contributed by atoms with Gasteiger partial charge in [-0.3, -0.25) is 4.79 Å². The molecular formula is C29H32F3N5O3. The third kappa shape index (κ3) is 4.59. The van der Waals surface area contributed by atoms with Gasteiger partial charge in [-0.05, 0) is 32.8 Å². The van der Waals surface area contributed by atoms with Crippen LogP contribution in [0, 0.1) is 18.2 Å². The first-order valence-electron chi connectivity index (χ1n) is 13.5. The highest BCUT2D eigenvalue weighted by Crippen LogP contribution is 2.48. The van der Waals surface area contributed by atoms with Crippen LogP contribution in [-0.2, 0) is 9.53 Å². The lowest BCUT2D eigenvalue weighted by Gasteiger charge is -2.46. The molecule has 1 amide bonds. The number of alkyl halides is 2. The molecule has 8 nitrogen and oxygen atoms in total. The fourth-order valence-corrected chi connectivity index (χ4v) is 5.93. The molecule has 212 valence electrons. The van der Waals surface area contributed by atoms with E-state index in [0.29, 0.717) is 61.1 Å². The Morgan fingerprint density at radius 1 is 1.23 bits per heavy atom. The molecule has 1 saturated carbocycles. The Bertz CT molecular complexity index is 1460. The maximum atomic E-state index is 14.9. The maximum Gasteiger partial charge on any atom is 0.266 e. The maximum absolute atomic E-state index is 14.9. The Kier molecular flexibility index (Phi) is 6.72. The second-order valence-electron chi connectivity index (χ2n) is 11.0. The summed E-state index contributed by atoms with van der Waals surface area (Å²) in [5.41, 5.74) is 0.667. The predicted octanol–water partition coefficient (Wildman–Crippen LogP) is 5.02. The first-order valence-corrected chi connectivity index (χ1v) is 13.5. The lowest BCUT2D eigenvalue weighted by Crippen LogP contribution is -2.59. The number of benzene rings is 2. The average molecular weight is 556 g/mol. The summed E-state index contributed by atoms with van der Waals surface area (Å²) in [5, 5.41) is 3.93. The zero-order valence-corrected chi connectivity index (χ0v) is 22.7. The van der Waals surface area contributed by atoms with E-state index < -0.39 is 23.8 Å². The quantitative estimate of drug-likeness (QED) is 0.438. The highest BCUT2D eigenvalue weighted by molar-refractivity contribution is 5.94. The molecule has 0 unspecified atom stereocenters. The van der Waals surface area contributed by atoms with Crippen LogP contribution in [0.3, 0.4) is 0 Å². The zero-order chi connectivity index (χ0) is 28.2. The standard InChI is InChI=1S/C29H32F3N5O3/c1-16(19-5-4-6-20(25(19)30)26(31)32)33-27-21-11-23-24(12-22(21)34-17(2)35-27)40-14-18-13-36(9-10-37(18)23)28(38)29(7-8-29)15-39-3/h4-6,11-12,16,18,26H,7-10,13-15H2,1-3H3,(H,33,34,35)/t16-,18-/m1/s1. The van der Waals surface area contributed by atoms with Crippen LogP contribution in [0.4, 0.5) is 24.7 Å². The Balaban J connectivity index is 1.29. The largest absolute Gasteiger partial charge is 0.489 e. The van der Waals surface area contributed by atoms with Crippen LogP contribution >= 0.6 is 0 Å². The number of carbonyl (C=O) groups excluding carboxylic acids is 1. The molecule has 0 radical (unpaired) electrons. The fraction of sp³-hybridized carbons (Fsp3) is 0.483. The summed E-state index contributed by atoms with van der Waals surface area (Å²) in [7, 11) is 1.63. The number of anilines is 2. The third-order valence-corrected chi connectivity index (χ3v) is 8.24. The highest BCUT2D eigenvalue weighted by Gasteiger charge is 2.52. The third-order valence-electron chi connectivity index (χ3n) is 8.24. The number of nitrogens with zero attached hydrogens (tertiary/aromatic N) is 4. The molecule has 3 aliphatic rings. The second-order valence-corrected chi connectivity index (χ2v) is 11.0. The van der Waals surface area contributed by atoms with Gasteiger partial charge in [0.05, 0.1) is 40.9 Å². The van der Waals surface area contributed by atoms with Crippen LogP contribution < -0.4 is 15.0 Å². The van der Waals surface area contributed by atoms with Gasteiger partial charge >= 0.3 is 0 Å². The van der Waals surface area contributed by atoms with Gasteiger partial charge in [-0.1, -0.05) is 18.2 Å². The van der Waals surface area contributed by atoms with Crippen molar-refractivity contribution in [2.75, 3.05) is 50.2 Å². The van der Waals surface area contributed by atoms with E-state index in [9.17, 15) is 18.0 Å². The number of rotatable bonds is 7. The summed E-state index contributed by atoms with van der Waals surface area (Å²) in [5.74, 6) is 0.924. The molecule has 2 aliphatic heterocycles. The number of nitrogens with one attached hydrogen (secondary N) is 1. The molecule has 2 fully saturated rings. The predicted molar refractivity (Wildman–Crippen MR) is 144 cm³/mol. The summed E-state index contributed by atoms with van der Waals surface area (Å²) in [4.78, 5) is 26.6. The van der Waals surface area contributed by atoms with E-state index in [-0.39, 0.29) is 22.9 Å². The number of methoxy groups -OCH3 is 1. The smallest absolute Gasteiger partial charge is 0.266 e. The van der Waals surface area contributed by atoms with Crippen LogP contribution in [0.25, 0.3) is 10.9 Å². The molecule has 0 bridgehead atoms. The zero-order valence-electron chi connectivity index (χ0n) is 22.7. The number of hydrogen-bond acceptors (Lipinski definition) is 7. The van der Waals surface area contributed by atoms with Crippen LogP contribution in [-0.4, -0.2) is 66.8 Å². The van der Waals surface area contributed by atoms with Crippen molar-refractivity contribution < 1.29 is 27.4 Å². The number of amides is 1. The molecule has 11 heteroatoms. The minimum atomic E-state index is -2.90. The normalized spacial score (nSPS) is 20.1. The van der Waals surface area contributed by atoms with Crippen molar-refractivity contribution in [2.45, 2.75) is 45.2 Å². The Morgan fingerprint density at radius 3 is 2.73 bits per heavy atom. The summed E-state index contributed by atoms with van der Waals surface area (Å²) in [6, 6.07) is 7.22. The van der Waals surface area contributed by atoms with Gasteiger partial charge in [0.15, 0.2) is 0 Å². The average Bonchev–Trinajstić information content (AvgIpc) is 3.72. The Hall–Kier alpha value is -3.60. The Morgan fingerprint density at radius 2 is 2.00 bits per heavy atom. The van der Waals surface area contributed by atoms with Gasteiger partial charge in [0.1, 0.15) is 29.8 Å². The van der Waals surface area contributed by atoms with Gasteiger partial charge in [0.2, 0.25) is 5.91 Å².